The minimum atomic E-state index is -0.208. The molecule has 0 radical (unpaired) electrons. The first-order valence-electron chi connectivity index (χ1n) is 7.69. The first-order chi connectivity index (χ1) is 10.2. The molecule has 0 unspecified atom stereocenters. The van der Waals surface area contributed by atoms with Crippen molar-refractivity contribution in [2.75, 3.05) is 38.6 Å². The topological polar surface area (TPSA) is 54.5 Å². The van der Waals surface area contributed by atoms with Crippen LogP contribution in [0.2, 0.25) is 0 Å². The van der Waals surface area contributed by atoms with Gasteiger partial charge in [-0.2, -0.15) is 0 Å². The van der Waals surface area contributed by atoms with Gasteiger partial charge in [-0.3, -0.25) is 4.79 Å². The van der Waals surface area contributed by atoms with Crippen LogP contribution >= 0.6 is 11.3 Å². The molecule has 1 saturated heterocycles. The fraction of sp³-hybridized carbons (Fsp3) is 0.733. The van der Waals surface area contributed by atoms with Gasteiger partial charge in [0.1, 0.15) is 0 Å². The molecule has 0 amide bonds. The maximum Gasteiger partial charge on any atom is 0.311 e. The Bertz CT molecular complexity index is 442. The van der Waals surface area contributed by atoms with E-state index >= 15 is 0 Å². The number of hydrogen-bond acceptors (Lipinski definition) is 6. The summed E-state index contributed by atoms with van der Waals surface area (Å²) in [6.45, 7) is 5.62. The molecule has 1 aromatic rings. The highest BCUT2D eigenvalue weighted by Gasteiger charge is 2.16. The van der Waals surface area contributed by atoms with E-state index in [4.69, 9.17) is 4.74 Å². The number of carbonyl (C=O) groups excluding carboxylic acids is 1. The zero-order valence-electron chi connectivity index (χ0n) is 12.9. The number of aromatic nitrogens is 1. The lowest BCUT2D eigenvalue weighted by Crippen LogP contribution is -2.30. The molecule has 0 spiro atoms. The van der Waals surface area contributed by atoms with Gasteiger partial charge in [0.05, 0.1) is 18.7 Å². The maximum atomic E-state index is 11.4. The molecule has 1 aliphatic rings. The summed E-state index contributed by atoms with van der Waals surface area (Å²) in [6.07, 6.45) is 4.05. The monoisotopic (exact) mass is 311 g/mol. The van der Waals surface area contributed by atoms with Crippen LogP contribution in [-0.4, -0.2) is 49.1 Å². The molecule has 2 heterocycles. The summed E-state index contributed by atoms with van der Waals surface area (Å²) in [5.74, 6) is 0.619. The number of thiazole rings is 1. The molecule has 21 heavy (non-hydrogen) atoms. The SMILES string of the molecule is CCOC(=O)Cc1csc(NCCC2CCN(C)CC2)n1. The van der Waals surface area contributed by atoms with Gasteiger partial charge in [-0.15, -0.1) is 11.3 Å². The smallest absolute Gasteiger partial charge is 0.311 e. The Morgan fingerprint density at radius 3 is 3.00 bits per heavy atom. The van der Waals surface area contributed by atoms with Crippen molar-refractivity contribution >= 4 is 22.4 Å². The predicted molar refractivity (Wildman–Crippen MR) is 85.8 cm³/mol. The Balaban J connectivity index is 1.67. The Morgan fingerprint density at radius 1 is 1.52 bits per heavy atom. The van der Waals surface area contributed by atoms with Crippen LogP contribution in [0.4, 0.5) is 5.13 Å². The Morgan fingerprint density at radius 2 is 2.29 bits per heavy atom. The molecule has 1 aromatic heterocycles. The van der Waals surface area contributed by atoms with E-state index in [1.165, 1.54) is 32.4 Å². The molecule has 0 aromatic carbocycles. The van der Waals surface area contributed by atoms with Crippen molar-refractivity contribution in [3.8, 4) is 0 Å². The number of piperidine rings is 1. The van der Waals surface area contributed by atoms with Crippen LogP contribution < -0.4 is 5.32 Å². The normalized spacial score (nSPS) is 16.9. The van der Waals surface area contributed by atoms with Crippen molar-refractivity contribution in [1.82, 2.24) is 9.88 Å². The van der Waals surface area contributed by atoms with Gasteiger partial charge in [0.25, 0.3) is 0 Å². The summed E-state index contributed by atoms with van der Waals surface area (Å²) in [5.41, 5.74) is 0.792. The van der Waals surface area contributed by atoms with Gasteiger partial charge in [0, 0.05) is 11.9 Å². The quantitative estimate of drug-likeness (QED) is 0.784. The van der Waals surface area contributed by atoms with E-state index in [0.717, 1.165) is 23.3 Å². The van der Waals surface area contributed by atoms with E-state index in [1.807, 2.05) is 12.3 Å². The van der Waals surface area contributed by atoms with Crippen LogP contribution in [0.1, 0.15) is 31.9 Å². The molecule has 6 heteroatoms. The molecular weight excluding hydrogens is 286 g/mol. The zero-order valence-corrected chi connectivity index (χ0v) is 13.7. The third-order valence-corrected chi connectivity index (χ3v) is 4.70. The molecular formula is C15H25N3O2S. The number of likely N-dealkylation sites (tertiary alicyclic amines) is 1. The molecule has 0 bridgehead atoms. The summed E-state index contributed by atoms with van der Waals surface area (Å²) in [4.78, 5) is 18.2. The number of rotatable bonds is 7. The van der Waals surface area contributed by atoms with Crippen molar-refractivity contribution in [3.05, 3.63) is 11.1 Å². The van der Waals surface area contributed by atoms with Crippen LogP contribution in [-0.2, 0) is 16.0 Å². The van der Waals surface area contributed by atoms with E-state index in [-0.39, 0.29) is 12.4 Å². The average Bonchev–Trinajstić information content (AvgIpc) is 2.89. The van der Waals surface area contributed by atoms with Gasteiger partial charge >= 0.3 is 5.97 Å². The van der Waals surface area contributed by atoms with E-state index < -0.39 is 0 Å². The summed E-state index contributed by atoms with van der Waals surface area (Å²) in [5, 5.41) is 6.20. The Hall–Kier alpha value is -1.14. The number of carbonyl (C=O) groups is 1. The number of nitrogens with one attached hydrogen (secondary N) is 1. The van der Waals surface area contributed by atoms with E-state index in [1.54, 1.807) is 11.3 Å². The van der Waals surface area contributed by atoms with Crippen molar-refractivity contribution in [3.63, 3.8) is 0 Å². The highest BCUT2D eigenvalue weighted by Crippen LogP contribution is 2.21. The average molecular weight is 311 g/mol. The van der Waals surface area contributed by atoms with Crippen LogP contribution in [0.15, 0.2) is 5.38 Å². The summed E-state index contributed by atoms with van der Waals surface area (Å²) in [7, 11) is 2.19. The number of anilines is 1. The molecule has 0 aliphatic carbocycles. The standard InChI is InChI=1S/C15H25N3O2S/c1-3-20-14(19)10-13-11-21-15(17-13)16-7-4-12-5-8-18(2)9-6-12/h11-12H,3-10H2,1-2H3,(H,16,17). The predicted octanol–water partition coefficient (Wildman–Crippen LogP) is 2.39. The second-order valence-corrected chi connectivity index (χ2v) is 6.45. The molecule has 0 saturated carbocycles. The van der Waals surface area contributed by atoms with Gasteiger partial charge in [0.15, 0.2) is 5.13 Å². The maximum absolute atomic E-state index is 11.4. The largest absolute Gasteiger partial charge is 0.466 e. The molecule has 118 valence electrons. The van der Waals surface area contributed by atoms with Crippen LogP contribution in [0.25, 0.3) is 0 Å². The lowest BCUT2D eigenvalue weighted by atomic mass is 9.94. The van der Waals surface area contributed by atoms with Crippen LogP contribution in [0.3, 0.4) is 0 Å². The van der Waals surface area contributed by atoms with Gasteiger partial charge in [-0.25, -0.2) is 4.98 Å². The van der Waals surface area contributed by atoms with E-state index in [9.17, 15) is 4.79 Å². The minimum Gasteiger partial charge on any atom is -0.466 e. The second kappa shape index (κ2) is 8.34. The van der Waals surface area contributed by atoms with Gasteiger partial charge < -0.3 is 15.0 Å². The first kappa shape index (κ1) is 16.2. The first-order valence-corrected chi connectivity index (χ1v) is 8.57. The third kappa shape index (κ3) is 5.63. The molecule has 2 rings (SSSR count). The fourth-order valence-corrected chi connectivity index (χ4v) is 3.30. The van der Waals surface area contributed by atoms with Gasteiger partial charge in [0.2, 0.25) is 0 Å². The van der Waals surface area contributed by atoms with Crippen LogP contribution in [0.5, 0.6) is 0 Å². The molecule has 0 atom stereocenters. The van der Waals surface area contributed by atoms with E-state index in [0.29, 0.717) is 6.61 Å². The zero-order chi connectivity index (χ0) is 15.1. The number of nitrogens with zero attached hydrogens (tertiary/aromatic N) is 2. The van der Waals surface area contributed by atoms with Gasteiger partial charge in [-0.05, 0) is 52.2 Å². The summed E-state index contributed by atoms with van der Waals surface area (Å²) in [6, 6.07) is 0. The molecule has 1 aliphatic heterocycles. The minimum absolute atomic E-state index is 0.208. The van der Waals surface area contributed by atoms with Gasteiger partial charge in [-0.1, -0.05) is 0 Å². The molecule has 1 N–H and O–H groups in total. The Kier molecular flexibility index (Phi) is 6.45. The Labute approximate surface area is 130 Å². The number of ether oxygens (including phenoxy) is 1. The second-order valence-electron chi connectivity index (χ2n) is 5.59. The lowest BCUT2D eigenvalue weighted by Gasteiger charge is -2.28. The fourth-order valence-electron chi connectivity index (χ4n) is 2.56. The van der Waals surface area contributed by atoms with Crippen molar-refractivity contribution < 1.29 is 9.53 Å². The summed E-state index contributed by atoms with van der Waals surface area (Å²) < 4.78 is 4.93. The van der Waals surface area contributed by atoms with Crippen molar-refractivity contribution in [2.24, 2.45) is 5.92 Å². The molecule has 5 nitrogen and oxygen atoms in total. The van der Waals surface area contributed by atoms with Crippen molar-refractivity contribution in [2.45, 2.75) is 32.6 Å². The third-order valence-electron chi connectivity index (χ3n) is 3.85. The summed E-state index contributed by atoms with van der Waals surface area (Å²) >= 11 is 1.56. The highest BCUT2D eigenvalue weighted by molar-refractivity contribution is 7.13. The number of hydrogen-bond donors (Lipinski definition) is 1. The van der Waals surface area contributed by atoms with Crippen LogP contribution in [0, 0.1) is 5.92 Å². The van der Waals surface area contributed by atoms with E-state index in [2.05, 4.69) is 22.2 Å². The highest BCUT2D eigenvalue weighted by atomic mass is 32.1. The molecule has 1 fully saturated rings. The van der Waals surface area contributed by atoms with Crippen molar-refractivity contribution in [1.29, 1.82) is 0 Å². The lowest BCUT2D eigenvalue weighted by molar-refractivity contribution is -0.142. The number of esters is 1.